The van der Waals surface area contributed by atoms with Crippen LogP contribution in [0.5, 0.6) is 0 Å². The van der Waals surface area contributed by atoms with E-state index < -0.39 is 58.7 Å². The molecule has 230 valence electrons. The van der Waals surface area contributed by atoms with Crippen LogP contribution in [-0.2, 0) is 28.7 Å². The normalized spacial score (nSPS) is 21.8. The van der Waals surface area contributed by atoms with E-state index in [1.54, 1.807) is 20.8 Å². The van der Waals surface area contributed by atoms with E-state index in [9.17, 15) is 28.8 Å². The topological polar surface area (TPSA) is 177 Å². The number of primary amides is 1. The third kappa shape index (κ3) is 8.90. The lowest BCUT2D eigenvalue weighted by molar-refractivity contribution is -0.153. The zero-order chi connectivity index (χ0) is 30.4. The molecule has 41 heavy (non-hydrogen) atoms. The minimum Gasteiger partial charge on any atom is -0.459 e. The van der Waals surface area contributed by atoms with E-state index in [2.05, 4.69) is 16.0 Å². The Kier molecular flexibility index (Phi) is 10.8. The number of Topliss-reactive ketones (excluding diaryl/α,β-unsaturated/α-hetero) is 1. The monoisotopic (exact) mass is 577 g/mol. The second-order valence-electron chi connectivity index (χ2n) is 12.8. The summed E-state index contributed by atoms with van der Waals surface area (Å²) in [6.07, 6.45) is 8.18. The summed E-state index contributed by atoms with van der Waals surface area (Å²) in [6.45, 7) is 7.16. The van der Waals surface area contributed by atoms with Gasteiger partial charge in [0.05, 0.1) is 6.04 Å². The Bertz CT molecular complexity index is 1010. The number of urea groups is 1. The second-order valence-corrected chi connectivity index (χ2v) is 12.8. The van der Waals surface area contributed by atoms with Crippen molar-refractivity contribution in [3.05, 3.63) is 0 Å². The van der Waals surface area contributed by atoms with Crippen molar-refractivity contribution in [2.75, 3.05) is 13.1 Å². The highest BCUT2D eigenvalue weighted by Crippen LogP contribution is 2.43. The van der Waals surface area contributed by atoms with Gasteiger partial charge in [0.1, 0.15) is 24.2 Å². The standard InChI is InChI=1S/C29H47N5O7/c1-5-29(13-7-6-8-14-29)23(33-27(40)31-17-21(35)41-28(2,3)4)26(39)34-15-9-10-20(34)25(38)32-19(16-18-11-12-18)22(36)24(30)37/h18-20,23H,5-17H2,1-4H3,(H2,30,37)(H,32,38)(H2,31,33,40)/t19?,20-,23?/m0/s1. The van der Waals surface area contributed by atoms with Crippen LogP contribution in [0.15, 0.2) is 0 Å². The lowest BCUT2D eigenvalue weighted by Gasteiger charge is -2.44. The molecule has 0 aromatic heterocycles. The summed E-state index contributed by atoms with van der Waals surface area (Å²) in [7, 11) is 0. The lowest BCUT2D eigenvalue weighted by atomic mass is 9.67. The van der Waals surface area contributed by atoms with E-state index in [0.29, 0.717) is 32.2 Å². The van der Waals surface area contributed by atoms with Crippen LogP contribution in [0.4, 0.5) is 4.79 Å². The molecule has 2 aliphatic carbocycles. The largest absolute Gasteiger partial charge is 0.459 e. The smallest absolute Gasteiger partial charge is 0.325 e. The number of likely N-dealkylation sites (tertiary alicyclic amines) is 1. The number of nitrogens with two attached hydrogens (primary N) is 1. The molecule has 1 saturated heterocycles. The van der Waals surface area contributed by atoms with Gasteiger partial charge in [0.25, 0.3) is 5.91 Å². The highest BCUT2D eigenvalue weighted by molar-refractivity contribution is 6.37. The van der Waals surface area contributed by atoms with Crippen LogP contribution in [0.2, 0.25) is 0 Å². The summed E-state index contributed by atoms with van der Waals surface area (Å²) in [5.41, 5.74) is 4.03. The van der Waals surface area contributed by atoms with Crippen LogP contribution >= 0.6 is 0 Å². The maximum Gasteiger partial charge on any atom is 0.325 e. The predicted octanol–water partition coefficient (Wildman–Crippen LogP) is 1.69. The summed E-state index contributed by atoms with van der Waals surface area (Å²) in [5.74, 6) is -3.14. The number of rotatable bonds is 12. The number of carbonyl (C=O) groups excluding carboxylic acids is 6. The zero-order valence-corrected chi connectivity index (χ0v) is 24.9. The van der Waals surface area contributed by atoms with E-state index in [1.807, 2.05) is 6.92 Å². The van der Waals surface area contributed by atoms with Gasteiger partial charge in [-0.1, -0.05) is 39.0 Å². The fourth-order valence-electron chi connectivity index (χ4n) is 6.12. The molecule has 0 radical (unpaired) electrons. The number of amides is 5. The van der Waals surface area contributed by atoms with E-state index in [0.717, 1.165) is 44.9 Å². The average Bonchev–Trinajstić information content (AvgIpc) is 3.59. The number of ketones is 1. The molecule has 2 unspecified atom stereocenters. The van der Waals surface area contributed by atoms with E-state index >= 15 is 0 Å². The van der Waals surface area contributed by atoms with Gasteiger partial charge in [0, 0.05) is 6.54 Å². The van der Waals surface area contributed by atoms with Gasteiger partial charge >= 0.3 is 12.0 Å². The Morgan fingerprint density at radius 2 is 1.63 bits per heavy atom. The van der Waals surface area contributed by atoms with Gasteiger partial charge in [-0.3, -0.25) is 24.0 Å². The first kappa shape index (κ1) is 32.3. The quantitative estimate of drug-likeness (QED) is 0.201. The molecule has 3 fully saturated rings. The van der Waals surface area contributed by atoms with Crippen molar-refractivity contribution < 1.29 is 33.5 Å². The molecule has 3 rings (SSSR count). The molecule has 5 N–H and O–H groups in total. The van der Waals surface area contributed by atoms with E-state index in [-0.39, 0.29) is 18.4 Å². The third-order valence-electron chi connectivity index (χ3n) is 8.48. The molecule has 3 aliphatic rings. The fraction of sp³-hybridized carbons (Fsp3) is 0.793. The van der Waals surface area contributed by atoms with Gasteiger partial charge in [-0.05, 0) is 70.6 Å². The number of esters is 1. The van der Waals surface area contributed by atoms with Crippen LogP contribution < -0.4 is 21.7 Å². The molecule has 3 atom stereocenters. The fourth-order valence-corrected chi connectivity index (χ4v) is 6.12. The van der Waals surface area contributed by atoms with Crippen LogP contribution in [0.1, 0.15) is 98.3 Å². The van der Waals surface area contributed by atoms with E-state index in [1.165, 1.54) is 4.90 Å². The number of hydrogen-bond acceptors (Lipinski definition) is 7. The molecule has 0 bridgehead atoms. The van der Waals surface area contributed by atoms with Gasteiger partial charge in [0.15, 0.2) is 0 Å². The Hall–Kier alpha value is -3.18. The van der Waals surface area contributed by atoms with Gasteiger partial charge in [-0.15, -0.1) is 0 Å². The SMILES string of the molecule is CCC1(C(NC(=O)NCC(=O)OC(C)(C)C)C(=O)N2CCC[C@H]2C(=O)NC(CC2CC2)C(=O)C(N)=O)CCCCC1. The maximum absolute atomic E-state index is 14.2. The zero-order valence-electron chi connectivity index (χ0n) is 24.9. The summed E-state index contributed by atoms with van der Waals surface area (Å²) in [6, 6.07) is -3.42. The molecular formula is C29H47N5O7. The lowest BCUT2D eigenvalue weighted by Crippen LogP contribution is -2.62. The van der Waals surface area contributed by atoms with Crippen LogP contribution in [-0.4, -0.2) is 77.2 Å². The van der Waals surface area contributed by atoms with Gasteiger partial charge in [-0.2, -0.15) is 0 Å². The van der Waals surface area contributed by atoms with E-state index in [4.69, 9.17) is 10.5 Å². The molecule has 0 spiro atoms. The average molecular weight is 578 g/mol. The Labute approximate surface area is 242 Å². The van der Waals surface area contributed by atoms with Gasteiger partial charge < -0.3 is 31.3 Å². The van der Waals surface area contributed by atoms with Crippen LogP contribution in [0.3, 0.4) is 0 Å². The molecule has 12 nitrogen and oxygen atoms in total. The number of ether oxygens (including phenoxy) is 1. The minimum atomic E-state index is -1.10. The molecule has 1 aliphatic heterocycles. The molecule has 0 aromatic rings. The summed E-state index contributed by atoms with van der Waals surface area (Å²) in [5, 5.41) is 8.05. The third-order valence-corrected chi connectivity index (χ3v) is 8.48. The Morgan fingerprint density at radius 1 is 0.976 bits per heavy atom. The Balaban J connectivity index is 1.76. The van der Waals surface area contributed by atoms with Crippen molar-refractivity contribution in [2.24, 2.45) is 17.1 Å². The molecule has 1 heterocycles. The first-order valence-electron chi connectivity index (χ1n) is 15.0. The number of hydrogen-bond donors (Lipinski definition) is 4. The van der Waals surface area contributed by atoms with Crippen LogP contribution in [0, 0.1) is 11.3 Å². The van der Waals surface area contributed by atoms with Crippen molar-refractivity contribution in [1.29, 1.82) is 0 Å². The highest BCUT2D eigenvalue weighted by atomic mass is 16.6. The van der Waals surface area contributed by atoms with Gasteiger partial charge in [-0.25, -0.2) is 4.79 Å². The van der Waals surface area contributed by atoms with Crippen molar-refractivity contribution in [3.63, 3.8) is 0 Å². The number of nitrogens with zero attached hydrogens (tertiary/aromatic N) is 1. The van der Waals surface area contributed by atoms with Gasteiger partial charge in [0.2, 0.25) is 17.6 Å². The number of carbonyl (C=O) groups is 6. The van der Waals surface area contributed by atoms with Crippen molar-refractivity contribution in [2.45, 2.75) is 122 Å². The molecular weight excluding hydrogens is 530 g/mol. The summed E-state index contributed by atoms with van der Waals surface area (Å²) < 4.78 is 5.26. The molecule has 12 heteroatoms. The van der Waals surface area contributed by atoms with Crippen molar-refractivity contribution >= 4 is 35.5 Å². The molecule has 2 saturated carbocycles. The predicted molar refractivity (Wildman–Crippen MR) is 150 cm³/mol. The summed E-state index contributed by atoms with van der Waals surface area (Å²) in [4.78, 5) is 78.2. The minimum absolute atomic E-state index is 0.258. The summed E-state index contributed by atoms with van der Waals surface area (Å²) >= 11 is 0. The Morgan fingerprint density at radius 3 is 2.20 bits per heavy atom. The first-order chi connectivity index (χ1) is 19.3. The van der Waals surface area contributed by atoms with Crippen LogP contribution in [0.25, 0.3) is 0 Å². The first-order valence-corrected chi connectivity index (χ1v) is 15.0. The molecule has 0 aromatic carbocycles. The maximum atomic E-state index is 14.2. The second kappa shape index (κ2) is 13.7. The van der Waals surface area contributed by atoms with Crippen molar-refractivity contribution in [3.8, 4) is 0 Å². The highest BCUT2D eigenvalue weighted by Gasteiger charge is 2.48. The molecule has 5 amide bonds. The van der Waals surface area contributed by atoms with Crippen molar-refractivity contribution in [1.82, 2.24) is 20.9 Å². The number of nitrogens with one attached hydrogen (secondary N) is 3.